The van der Waals surface area contributed by atoms with Gasteiger partial charge >= 0.3 is 11.6 Å². The lowest BCUT2D eigenvalue weighted by atomic mass is 9.94. The minimum atomic E-state index is -0.543. The van der Waals surface area contributed by atoms with Gasteiger partial charge in [0.15, 0.2) is 6.04 Å². The zero-order valence-corrected chi connectivity index (χ0v) is 16.8. The molecule has 0 bridgehead atoms. The van der Waals surface area contributed by atoms with Gasteiger partial charge < -0.3 is 19.4 Å². The van der Waals surface area contributed by atoms with Crippen molar-refractivity contribution >= 4 is 22.8 Å². The molecule has 0 saturated carbocycles. The van der Waals surface area contributed by atoms with Crippen LogP contribution in [-0.2, 0) is 20.9 Å². The Morgan fingerprint density at radius 3 is 2.75 bits per heavy atom. The highest BCUT2D eigenvalue weighted by atomic mass is 16.5. The maximum absolute atomic E-state index is 12.3. The minimum absolute atomic E-state index is 0.00733. The van der Waals surface area contributed by atoms with Crippen LogP contribution in [0.25, 0.3) is 11.0 Å². The van der Waals surface area contributed by atoms with Crippen molar-refractivity contribution in [1.29, 1.82) is 0 Å². The highest BCUT2D eigenvalue weighted by Gasteiger charge is 2.36. The molecule has 2 N–H and O–H groups in total. The van der Waals surface area contributed by atoms with Crippen LogP contribution in [0.5, 0.6) is 0 Å². The van der Waals surface area contributed by atoms with Crippen LogP contribution in [0, 0.1) is 6.92 Å². The van der Waals surface area contributed by atoms with Crippen molar-refractivity contribution in [2.75, 3.05) is 20.2 Å². The molecule has 1 saturated heterocycles. The fraction of sp³-hybridized carbons (Fsp3) is 0.476. The molecule has 1 fully saturated rings. The van der Waals surface area contributed by atoms with Crippen LogP contribution in [0.4, 0.5) is 0 Å². The van der Waals surface area contributed by atoms with Crippen LogP contribution in [0.15, 0.2) is 27.4 Å². The molecule has 2 heterocycles. The second-order valence-corrected chi connectivity index (χ2v) is 7.66. The van der Waals surface area contributed by atoms with E-state index < -0.39 is 17.6 Å². The molecular formula is C21H27N2O5+. The number of benzene rings is 1. The Morgan fingerprint density at radius 1 is 1.32 bits per heavy atom. The summed E-state index contributed by atoms with van der Waals surface area (Å²) in [6.07, 6.45) is 0.00733. The van der Waals surface area contributed by atoms with E-state index in [-0.39, 0.29) is 12.3 Å². The first-order chi connectivity index (χ1) is 13.3. The molecule has 150 valence electrons. The van der Waals surface area contributed by atoms with Gasteiger partial charge in [-0.05, 0) is 36.1 Å². The average Bonchev–Trinajstić information content (AvgIpc) is 2.63. The van der Waals surface area contributed by atoms with E-state index in [1.54, 1.807) is 0 Å². The first kappa shape index (κ1) is 20.1. The number of hydrogen-bond donors (Lipinski definition) is 2. The van der Waals surface area contributed by atoms with E-state index in [4.69, 9.17) is 9.15 Å². The molecule has 7 nitrogen and oxygen atoms in total. The highest BCUT2D eigenvalue weighted by molar-refractivity contribution is 5.86. The number of amides is 1. The summed E-state index contributed by atoms with van der Waals surface area (Å²) in [5, 5.41) is 3.69. The number of quaternary nitrogens is 1. The molecule has 1 aliphatic rings. The topological polar surface area (TPSA) is 90.0 Å². The maximum Gasteiger partial charge on any atom is 0.336 e. The van der Waals surface area contributed by atoms with Crippen LogP contribution in [0.2, 0.25) is 0 Å². The van der Waals surface area contributed by atoms with Crippen LogP contribution >= 0.6 is 0 Å². The third-order valence-corrected chi connectivity index (χ3v) is 5.41. The Hall–Kier alpha value is -2.67. The number of hydrogen-bond acceptors (Lipinski definition) is 5. The van der Waals surface area contributed by atoms with Crippen molar-refractivity contribution in [3.05, 3.63) is 45.3 Å². The number of ether oxygens (including phenoxy) is 1. The summed E-state index contributed by atoms with van der Waals surface area (Å²) in [6, 6.07) is 4.93. The predicted molar refractivity (Wildman–Crippen MR) is 104 cm³/mol. The third kappa shape index (κ3) is 4.09. The van der Waals surface area contributed by atoms with Gasteiger partial charge in [-0.25, -0.2) is 4.79 Å². The van der Waals surface area contributed by atoms with Crippen molar-refractivity contribution in [2.45, 2.75) is 45.7 Å². The first-order valence-electron chi connectivity index (χ1n) is 9.56. The van der Waals surface area contributed by atoms with Crippen molar-refractivity contribution in [3.63, 3.8) is 0 Å². The molecule has 2 aromatic rings. The SMILES string of the molecule is COC(=O)C[C@@H]1C(=O)NCC[NH+]1Cc1cc(=O)oc2cc(C)c(C(C)C)cc12. The van der Waals surface area contributed by atoms with Gasteiger partial charge in [0.05, 0.1) is 20.2 Å². The number of rotatable bonds is 5. The largest absolute Gasteiger partial charge is 0.469 e. The van der Waals surface area contributed by atoms with Gasteiger partial charge in [0.2, 0.25) is 0 Å². The average molecular weight is 387 g/mol. The second kappa shape index (κ2) is 8.14. The molecule has 7 heteroatoms. The van der Waals surface area contributed by atoms with E-state index in [0.29, 0.717) is 31.1 Å². The summed E-state index contributed by atoms with van der Waals surface area (Å²) in [5.41, 5.74) is 3.24. The lowest BCUT2D eigenvalue weighted by molar-refractivity contribution is -0.930. The van der Waals surface area contributed by atoms with Crippen molar-refractivity contribution in [2.24, 2.45) is 0 Å². The molecule has 1 aromatic carbocycles. The number of carbonyl (C=O) groups is 2. The standard InChI is InChI=1S/C21H26N2O5/c1-12(2)15-9-16-14(8-20(25)28-18(16)7-13(15)3)11-23-6-5-22-21(26)17(23)10-19(24)27-4/h7-9,12,17H,5-6,10-11H2,1-4H3,(H,22,26)/p+1/t17-/m1/s1. The third-order valence-electron chi connectivity index (χ3n) is 5.41. The zero-order chi connectivity index (χ0) is 20.4. The van der Waals surface area contributed by atoms with Gasteiger partial charge in [0.1, 0.15) is 18.5 Å². The summed E-state index contributed by atoms with van der Waals surface area (Å²) in [4.78, 5) is 37.2. The fourth-order valence-corrected chi connectivity index (χ4v) is 3.93. The smallest absolute Gasteiger partial charge is 0.336 e. The highest BCUT2D eigenvalue weighted by Crippen LogP contribution is 2.26. The lowest BCUT2D eigenvalue weighted by Gasteiger charge is -2.31. The minimum Gasteiger partial charge on any atom is -0.469 e. The quantitative estimate of drug-likeness (QED) is 0.581. The number of fused-ring (bicyclic) bond motifs is 1. The molecule has 1 amide bonds. The Morgan fingerprint density at radius 2 is 2.07 bits per heavy atom. The predicted octanol–water partition coefficient (Wildman–Crippen LogP) is 0.671. The molecule has 1 aliphatic heterocycles. The van der Waals surface area contributed by atoms with Crippen molar-refractivity contribution in [3.8, 4) is 0 Å². The van der Waals surface area contributed by atoms with Gasteiger partial charge in [0.25, 0.3) is 5.91 Å². The zero-order valence-electron chi connectivity index (χ0n) is 16.8. The fourth-order valence-electron chi connectivity index (χ4n) is 3.93. The van der Waals surface area contributed by atoms with Crippen LogP contribution in [0.3, 0.4) is 0 Å². The first-order valence-corrected chi connectivity index (χ1v) is 9.56. The van der Waals surface area contributed by atoms with Crippen molar-refractivity contribution in [1.82, 2.24) is 5.32 Å². The molecule has 3 rings (SSSR count). The second-order valence-electron chi connectivity index (χ2n) is 7.66. The maximum atomic E-state index is 12.3. The molecule has 2 atom stereocenters. The van der Waals surface area contributed by atoms with Crippen molar-refractivity contribution < 1.29 is 23.6 Å². The summed E-state index contributed by atoms with van der Waals surface area (Å²) in [7, 11) is 1.31. The monoisotopic (exact) mass is 387 g/mol. The number of methoxy groups -OCH3 is 1. The van der Waals surface area contributed by atoms with E-state index in [2.05, 4.69) is 25.2 Å². The van der Waals surface area contributed by atoms with Gasteiger partial charge in [-0.3, -0.25) is 9.59 Å². The van der Waals surface area contributed by atoms with Gasteiger partial charge in [-0.2, -0.15) is 0 Å². The van der Waals surface area contributed by atoms with E-state index in [9.17, 15) is 14.4 Å². The number of nitrogens with one attached hydrogen (secondary N) is 2. The lowest BCUT2D eigenvalue weighted by Crippen LogP contribution is -3.18. The molecule has 28 heavy (non-hydrogen) atoms. The van der Waals surface area contributed by atoms with Gasteiger partial charge in [0, 0.05) is 17.0 Å². The Balaban J connectivity index is 2.02. The van der Waals surface area contributed by atoms with E-state index in [1.807, 2.05) is 13.0 Å². The van der Waals surface area contributed by atoms with Gasteiger partial charge in [-0.15, -0.1) is 0 Å². The number of carbonyl (C=O) groups excluding carboxylic acids is 2. The molecule has 1 aromatic heterocycles. The molecule has 0 aliphatic carbocycles. The Bertz CT molecular complexity index is 963. The number of piperazine rings is 1. The summed E-state index contributed by atoms with van der Waals surface area (Å²) >= 11 is 0. The molecule has 0 radical (unpaired) electrons. The Kier molecular flexibility index (Phi) is 5.84. The van der Waals surface area contributed by atoms with Crippen LogP contribution in [0.1, 0.15) is 42.9 Å². The molecule has 1 unspecified atom stereocenters. The number of esters is 1. The van der Waals surface area contributed by atoms with Crippen LogP contribution < -0.4 is 15.8 Å². The number of aryl methyl sites for hydroxylation is 1. The van der Waals surface area contributed by atoms with E-state index in [1.165, 1.54) is 18.7 Å². The van der Waals surface area contributed by atoms with Gasteiger partial charge in [-0.1, -0.05) is 13.8 Å². The summed E-state index contributed by atoms with van der Waals surface area (Å²) in [5.74, 6) is -0.253. The van der Waals surface area contributed by atoms with E-state index in [0.717, 1.165) is 21.4 Å². The van der Waals surface area contributed by atoms with Crippen LogP contribution in [-0.4, -0.2) is 38.1 Å². The van der Waals surface area contributed by atoms with E-state index >= 15 is 0 Å². The molecule has 0 spiro atoms. The summed E-state index contributed by atoms with van der Waals surface area (Å²) in [6.45, 7) is 7.91. The Labute approximate surface area is 163 Å². The normalized spacial score (nSPS) is 19.7. The summed E-state index contributed by atoms with van der Waals surface area (Å²) < 4.78 is 10.2. The molecular weight excluding hydrogens is 360 g/mol.